The number of hydrogen-bond acceptors (Lipinski definition) is 2. The van der Waals surface area contributed by atoms with E-state index in [9.17, 15) is 4.79 Å². The van der Waals surface area contributed by atoms with Gasteiger partial charge in [-0.1, -0.05) is 12.1 Å². The Kier molecular flexibility index (Phi) is 3.33. The molecule has 88 valence electrons. The van der Waals surface area contributed by atoms with Gasteiger partial charge in [0.15, 0.2) is 0 Å². The van der Waals surface area contributed by atoms with Crippen LogP contribution in [0.3, 0.4) is 0 Å². The van der Waals surface area contributed by atoms with Crippen molar-refractivity contribution in [2.75, 3.05) is 5.32 Å². The summed E-state index contributed by atoms with van der Waals surface area (Å²) < 4.78 is 6.18. The molecule has 1 aromatic carbocycles. The highest BCUT2D eigenvalue weighted by atomic mass is 79.9. The molecular formula is C13H12BrNO2. The first-order valence-electron chi connectivity index (χ1n) is 5.21. The third kappa shape index (κ3) is 2.58. The zero-order valence-corrected chi connectivity index (χ0v) is 11.2. The topological polar surface area (TPSA) is 42.2 Å². The van der Waals surface area contributed by atoms with E-state index in [2.05, 4.69) is 21.2 Å². The number of hydrogen-bond donors (Lipinski definition) is 1. The molecule has 0 aliphatic heterocycles. The van der Waals surface area contributed by atoms with Gasteiger partial charge in [0.1, 0.15) is 11.5 Å². The Labute approximate surface area is 108 Å². The highest BCUT2D eigenvalue weighted by Gasteiger charge is 2.14. The summed E-state index contributed by atoms with van der Waals surface area (Å²) in [5.41, 5.74) is 1.31. The first kappa shape index (κ1) is 11.9. The number of furan rings is 1. The summed E-state index contributed by atoms with van der Waals surface area (Å²) >= 11 is 3.38. The molecule has 0 aliphatic rings. The minimum Gasteiger partial charge on any atom is -0.466 e. The van der Waals surface area contributed by atoms with Gasteiger partial charge in [-0.2, -0.15) is 0 Å². The van der Waals surface area contributed by atoms with Crippen molar-refractivity contribution in [3.8, 4) is 0 Å². The maximum absolute atomic E-state index is 12.0. The lowest BCUT2D eigenvalue weighted by Gasteiger charge is -2.05. The number of carbonyl (C=O) groups excluding carboxylic acids is 1. The quantitative estimate of drug-likeness (QED) is 0.912. The monoisotopic (exact) mass is 293 g/mol. The van der Waals surface area contributed by atoms with Crippen molar-refractivity contribution in [1.29, 1.82) is 0 Å². The molecule has 0 unspecified atom stereocenters. The third-order valence-corrected chi connectivity index (χ3v) is 3.10. The van der Waals surface area contributed by atoms with Crippen molar-refractivity contribution in [3.63, 3.8) is 0 Å². The van der Waals surface area contributed by atoms with Crippen molar-refractivity contribution in [2.45, 2.75) is 13.8 Å². The van der Waals surface area contributed by atoms with Gasteiger partial charge in [-0.25, -0.2) is 0 Å². The minimum absolute atomic E-state index is 0.161. The van der Waals surface area contributed by atoms with Gasteiger partial charge in [0, 0.05) is 4.47 Å². The van der Waals surface area contributed by atoms with E-state index in [0.29, 0.717) is 11.3 Å². The number of rotatable bonds is 2. The Hall–Kier alpha value is -1.55. The second-order valence-electron chi connectivity index (χ2n) is 3.76. The molecule has 0 radical (unpaired) electrons. The van der Waals surface area contributed by atoms with Crippen molar-refractivity contribution in [3.05, 3.63) is 51.9 Å². The van der Waals surface area contributed by atoms with Gasteiger partial charge < -0.3 is 9.73 Å². The van der Waals surface area contributed by atoms with Crippen LogP contribution in [0.15, 0.2) is 39.2 Å². The average molecular weight is 294 g/mol. The molecule has 17 heavy (non-hydrogen) atoms. The van der Waals surface area contributed by atoms with E-state index >= 15 is 0 Å². The van der Waals surface area contributed by atoms with Crippen molar-refractivity contribution in [2.24, 2.45) is 0 Å². The van der Waals surface area contributed by atoms with E-state index in [-0.39, 0.29) is 5.91 Å². The molecule has 0 aliphatic carbocycles. The summed E-state index contributed by atoms with van der Waals surface area (Å²) in [5.74, 6) is 1.21. The van der Waals surface area contributed by atoms with Crippen LogP contribution in [0.25, 0.3) is 0 Å². The van der Waals surface area contributed by atoms with Crippen molar-refractivity contribution >= 4 is 27.5 Å². The number of halogens is 1. The number of aryl methyl sites for hydroxylation is 2. The van der Waals surface area contributed by atoms with E-state index in [4.69, 9.17) is 4.42 Å². The maximum Gasteiger partial charge on any atom is 0.259 e. The molecule has 1 amide bonds. The van der Waals surface area contributed by atoms with Crippen molar-refractivity contribution in [1.82, 2.24) is 0 Å². The van der Waals surface area contributed by atoms with Crippen LogP contribution in [0.5, 0.6) is 0 Å². The molecule has 0 fully saturated rings. The van der Waals surface area contributed by atoms with Crippen LogP contribution >= 0.6 is 15.9 Å². The van der Waals surface area contributed by atoms with Gasteiger partial charge >= 0.3 is 0 Å². The Morgan fingerprint density at radius 1 is 1.29 bits per heavy atom. The fourth-order valence-electron chi connectivity index (χ4n) is 1.61. The van der Waals surface area contributed by atoms with Crippen LogP contribution < -0.4 is 5.32 Å². The highest BCUT2D eigenvalue weighted by molar-refractivity contribution is 9.10. The number of carbonyl (C=O) groups is 1. The zero-order chi connectivity index (χ0) is 12.4. The molecule has 0 saturated heterocycles. The molecule has 0 bridgehead atoms. The molecular weight excluding hydrogens is 282 g/mol. The van der Waals surface area contributed by atoms with Crippen LogP contribution in [0.4, 0.5) is 5.69 Å². The number of para-hydroxylation sites is 1. The Morgan fingerprint density at radius 3 is 2.59 bits per heavy atom. The fraction of sp³-hybridized carbons (Fsp3) is 0.154. The number of anilines is 1. The number of amides is 1. The smallest absolute Gasteiger partial charge is 0.259 e. The van der Waals surface area contributed by atoms with Gasteiger partial charge in [-0.15, -0.1) is 0 Å². The van der Waals surface area contributed by atoms with Crippen LogP contribution in [-0.4, -0.2) is 5.91 Å². The highest BCUT2D eigenvalue weighted by Crippen LogP contribution is 2.23. The second kappa shape index (κ2) is 4.75. The summed E-state index contributed by atoms with van der Waals surface area (Å²) in [4.78, 5) is 12.0. The number of benzene rings is 1. The van der Waals surface area contributed by atoms with Crippen LogP contribution in [-0.2, 0) is 0 Å². The number of nitrogens with one attached hydrogen (secondary N) is 1. The lowest BCUT2D eigenvalue weighted by molar-refractivity contribution is 0.102. The molecule has 1 aromatic heterocycles. The molecule has 2 aromatic rings. The van der Waals surface area contributed by atoms with E-state index in [0.717, 1.165) is 15.9 Å². The summed E-state index contributed by atoms with van der Waals surface area (Å²) in [6, 6.07) is 9.22. The average Bonchev–Trinajstić information content (AvgIpc) is 2.61. The lowest BCUT2D eigenvalue weighted by atomic mass is 10.2. The summed E-state index contributed by atoms with van der Waals surface area (Å²) in [7, 11) is 0. The van der Waals surface area contributed by atoms with E-state index in [1.807, 2.05) is 31.2 Å². The molecule has 0 atom stereocenters. The Bertz CT molecular complexity index is 560. The van der Waals surface area contributed by atoms with Gasteiger partial charge in [0.25, 0.3) is 5.91 Å². The Balaban J connectivity index is 2.23. The summed E-state index contributed by atoms with van der Waals surface area (Å²) in [6.07, 6.45) is 0. The van der Waals surface area contributed by atoms with Crippen LogP contribution in [0.2, 0.25) is 0 Å². The maximum atomic E-state index is 12.0. The molecule has 4 heteroatoms. The molecule has 0 spiro atoms. The first-order valence-corrected chi connectivity index (χ1v) is 6.00. The van der Waals surface area contributed by atoms with Crippen molar-refractivity contribution < 1.29 is 9.21 Å². The predicted octanol–water partition coefficient (Wildman–Crippen LogP) is 3.91. The third-order valence-electron chi connectivity index (χ3n) is 2.41. The lowest BCUT2D eigenvalue weighted by Crippen LogP contribution is -2.12. The van der Waals surface area contributed by atoms with Gasteiger partial charge in [-0.3, -0.25) is 4.79 Å². The van der Waals surface area contributed by atoms with E-state index < -0.39 is 0 Å². The molecule has 0 saturated carbocycles. The van der Waals surface area contributed by atoms with E-state index in [1.165, 1.54) is 0 Å². The molecule has 3 nitrogen and oxygen atoms in total. The van der Waals surface area contributed by atoms with Crippen LogP contribution in [0.1, 0.15) is 21.9 Å². The normalized spacial score (nSPS) is 10.3. The summed E-state index contributed by atoms with van der Waals surface area (Å²) in [5, 5.41) is 2.83. The second-order valence-corrected chi connectivity index (χ2v) is 4.62. The predicted molar refractivity (Wildman–Crippen MR) is 70.3 cm³/mol. The van der Waals surface area contributed by atoms with Gasteiger partial charge in [-0.05, 0) is 48.0 Å². The minimum atomic E-state index is -0.161. The fourth-order valence-corrected chi connectivity index (χ4v) is 1.99. The largest absolute Gasteiger partial charge is 0.466 e. The molecule has 1 heterocycles. The molecule has 2 rings (SSSR count). The zero-order valence-electron chi connectivity index (χ0n) is 9.58. The SMILES string of the molecule is Cc1cc(C(=O)Nc2ccccc2Br)c(C)o1. The van der Waals surface area contributed by atoms with E-state index in [1.54, 1.807) is 13.0 Å². The first-order chi connectivity index (χ1) is 8.08. The van der Waals surface area contributed by atoms with Gasteiger partial charge in [0.2, 0.25) is 0 Å². The Morgan fingerprint density at radius 2 is 2.00 bits per heavy atom. The standard InChI is InChI=1S/C13H12BrNO2/c1-8-7-10(9(2)17-8)13(16)15-12-6-4-3-5-11(12)14/h3-7H,1-2H3,(H,15,16). The summed E-state index contributed by atoms with van der Waals surface area (Å²) in [6.45, 7) is 3.60. The van der Waals surface area contributed by atoms with Gasteiger partial charge in [0.05, 0.1) is 11.3 Å². The molecule has 1 N–H and O–H groups in total. The van der Waals surface area contributed by atoms with Crippen LogP contribution in [0, 0.1) is 13.8 Å².